The Kier molecular flexibility index (Phi) is 3.23. The van der Waals surface area contributed by atoms with Gasteiger partial charge in [-0.3, -0.25) is 0 Å². The summed E-state index contributed by atoms with van der Waals surface area (Å²) in [5, 5.41) is 8.56. The maximum absolute atomic E-state index is 5.77. The van der Waals surface area contributed by atoms with Gasteiger partial charge in [0.1, 0.15) is 11.6 Å². The minimum Gasteiger partial charge on any atom is -0.399 e. The Morgan fingerprint density at radius 2 is 2.22 bits per heavy atom. The van der Waals surface area contributed by atoms with E-state index in [-0.39, 0.29) is 0 Å². The van der Waals surface area contributed by atoms with Crippen molar-refractivity contribution in [3.8, 4) is 0 Å². The molecule has 0 spiro atoms. The van der Waals surface area contributed by atoms with Crippen molar-refractivity contribution < 1.29 is 0 Å². The second kappa shape index (κ2) is 5.02. The molecule has 0 radical (unpaired) electrons. The third-order valence-electron chi connectivity index (χ3n) is 3.16. The largest absolute Gasteiger partial charge is 0.399 e. The Morgan fingerprint density at radius 3 is 3.11 bits per heavy atom. The summed E-state index contributed by atoms with van der Waals surface area (Å²) in [6.45, 7) is 1.06. The van der Waals surface area contributed by atoms with Crippen LogP contribution >= 0.6 is 11.8 Å². The zero-order valence-corrected chi connectivity index (χ0v) is 11.0. The Bertz CT molecular complexity index is 550. The van der Waals surface area contributed by atoms with E-state index in [9.17, 15) is 0 Å². The van der Waals surface area contributed by atoms with Crippen LogP contribution in [0.15, 0.2) is 29.2 Å². The highest BCUT2D eigenvalue weighted by Crippen LogP contribution is 2.25. The Labute approximate surface area is 111 Å². The fourth-order valence-corrected chi connectivity index (χ4v) is 3.13. The lowest BCUT2D eigenvalue weighted by molar-refractivity contribution is 0.513. The molecule has 1 aromatic heterocycles. The van der Waals surface area contributed by atoms with Crippen molar-refractivity contribution in [1.82, 2.24) is 14.8 Å². The first-order chi connectivity index (χ1) is 8.83. The number of aromatic nitrogens is 3. The van der Waals surface area contributed by atoms with E-state index < -0.39 is 0 Å². The van der Waals surface area contributed by atoms with Gasteiger partial charge in [0.15, 0.2) is 0 Å². The van der Waals surface area contributed by atoms with E-state index in [1.54, 1.807) is 11.8 Å². The van der Waals surface area contributed by atoms with Gasteiger partial charge >= 0.3 is 0 Å². The molecule has 1 aliphatic rings. The molecule has 1 aliphatic heterocycles. The topological polar surface area (TPSA) is 56.7 Å². The molecule has 1 aromatic carbocycles. The van der Waals surface area contributed by atoms with Crippen molar-refractivity contribution in [2.45, 2.75) is 36.5 Å². The van der Waals surface area contributed by atoms with Crippen LogP contribution in [0, 0.1) is 0 Å². The third kappa shape index (κ3) is 2.36. The molecule has 0 saturated heterocycles. The molecule has 2 N–H and O–H groups in total. The molecule has 2 heterocycles. The minimum atomic E-state index is 0.809. The summed E-state index contributed by atoms with van der Waals surface area (Å²) >= 11 is 1.76. The van der Waals surface area contributed by atoms with E-state index in [4.69, 9.17) is 5.73 Å². The average Bonchev–Trinajstić information content (AvgIpc) is 2.80. The van der Waals surface area contributed by atoms with E-state index in [1.165, 1.54) is 17.7 Å². The predicted molar refractivity (Wildman–Crippen MR) is 73.4 cm³/mol. The van der Waals surface area contributed by atoms with Crippen molar-refractivity contribution in [1.29, 1.82) is 0 Å². The summed E-state index contributed by atoms with van der Waals surface area (Å²) in [5.74, 6) is 3.08. The number of fused-ring (bicyclic) bond motifs is 1. The molecule has 0 unspecified atom stereocenters. The zero-order chi connectivity index (χ0) is 12.4. The first kappa shape index (κ1) is 11.6. The van der Waals surface area contributed by atoms with Gasteiger partial charge in [-0.05, 0) is 31.0 Å². The van der Waals surface area contributed by atoms with Gasteiger partial charge in [0, 0.05) is 23.5 Å². The Hall–Kier alpha value is -1.49. The van der Waals surface area contributed by atoms with Crippen LogP contribution in [0.5, 0.6) is 0 Å². The number of nitrogens with zero attached hydrogens (tertiary/aromatic N) is 3. The maximum atomic E-state index is 5.77. The SMILES string of the molecule is Nc1cccc(SCc2nnc3n2CCCC3)c1. The van der Waals surface area contributed by atoms with E-state index in [1.807, 2.05) is 18.2 Å². The van der Waals surface area contributed by atoms with Crippen LogP contribution in [0.2, 0.25) is 0 Å². The number of benzene rings is 1. The number of thioether (sulfide) groups is 1. The molecule has 0 fully saturated rings. The normalized spacial score (nSPS) is 14.4. The first-order valence-electron chi connectivity index (χ1n) is 6.22. The van der Waals surface area contributed by atoms with Crippen molar-refractivity contribution in [2.24, 2.45) is 0 Å². The monoisotopic (exact) mass is 260 g/mol. The van der Waals surface area contributed by atoms with Gasteiger partial charge in [-0.15, -0.1) is 22.0 Å². The number of nitrogens with two attached hydrogens (primary N) is 1. The summed E-state index contributed by atoms with van der Waals surface area (Å²) in [6.07, 6.45) is 3.54. The smallest absolute Gasteiger partial charge is 0.143 e. The van der Waals surface area contributed by atoms with Crippen molar-refractivity contribution >= 4 is 17.4 Å². The standard InChI is InChI=1S/C13H16N4S/c14-10-4-3-5-11(8-10)18-9-13-16-15-12-6-1-2-7-17(12)13/h3-5,8H,1-2,6-7,9,14H2. The van der Waals surface area contributed by atoms with Crippen LogP contribution in [0.3, 0.4) is 0 Å². The number of hydrogen-bond donors (Lipinski definition) is 1. The van der Waals surface area contributed by atoms with Crippen LogP contribution in [-0.4, -0.2) is 14.8 Å². The first-order valence-corrected chi connectivity index (χ1v) is 7.21. The molecule has 0 bridgehead atoms. The second-order valence-electron chi connectivity index (χ2n) is 4.50. The number of hydrogen-bond acceptors (Lipinski definition) is 4. The van der Waals surface area contributed by atoms with E-state index in [0.717, 1.165) is 36.1 Å². The van der Waals surface area contributed by atoms with Crippen molar-refractivity contribution in [3.63, 3.8) is 0 Å². The van der Waals surface area contributed by atoms with Gasteiger partial charge in [0.2, 0.25) is 0 Å². The van der Waals surface area contributed by atoms with Crippen LogP contribution in [0.4, 0.5) is 5.69 Å². The van der Waals surface area contributed by atoms with Gasteiger partial charge in [-0.2, -0.15) is 0 Å². The molecular weight excluding hydrogens is 244 g/mol. The van der Waals surface area contributed by atoms with Gasteiger partial charge in [0.05, 0.1) is 5.75 Å². The lowest BCUT2D eigenvalue weighted by atomic mass is 10.2. The number of rotatable bonds is 3. The van der Waals surface area contributed by atoms with E-state index >= 15 is 0 Å². The fourth-order valence-electron chi connectivity index (χ4n) is 2.23. The fraction of sp³-hybridized carbons (Fsp3) is 0.385. The molecule has 5 heteroatoms. The van der Waals surface area contributed by atoms with Crippen LogP contribution in [0.25, 0.3) is 0 Å². The lowest BCUT2D eigenvalue weighted by Crippen LogP contribution is -2.12. The highest BCUT2D eigenvalue weighted by molar-refractivity contribution is 7.98. The summed E-state index contributed by atoms with van der Waals surface area (Å²) in [4.78, 5) is 1.18. The average molecular weight is 260 g/mol. The summed E-state index contributed by atoms with van der Waals surface area (Å²) < 4.78 is 2.27. The van der Waals surface area contributed by atoms with Crippen molar-refractivity contribution in [3.05, 3.63) is 35.9 Å². The molecule has 3 rings (SSSR count). The Balaban J connectivity index is 1.72. The number of nitrogen functional groups attached to an aromatic ring is 1. The van der Waals surface area contributed by atoms with Gasteiger partial charge < -0.3 is 10.3 Å². The second-order valence-corrected chi connectivity index (χ2v) is 5.55. The molecule has 0 amide bonds. The lowest BCUT2D eigenvalue weighted by Gasteiger charge is -2.14. The molecule has 4 nitrogen and oxygen atoms in total. The summed E-state index contributed by atoms with van der Waals surface area (Å²) in [6, 6.07) is 7.96. The van der Waals surface area contributed by atoms with E-state index in [0.29, 0.717) is 0 Å². The summed E-state index contributed by atoms with van der Waals surface area (Å²) in [7, 11) is 0. The molecule has 0 atom stereocenters. The zero-order valence-electron chi connectivity index (χ0n) is 10.2. The summed E-state index contributed by atoms with van der Waals surface area (Å²) in [5.41, 5.74) is 6.58. The molecule has 0 aliphatic carbocycles. The molecule has 2 aromatic rings. The van der Waals surface area contributed by atoms with Crippen molar-refractivity contribution in [2.75, 3.05) is 5.73 Å². The van der Waals surface area contributed by atoms with Crippen LogP contribution in [0.1, 0.15) is 24.5 Å². The van der Waals surface area contributed by atoms with E-state index in [2.05, 4.69) is 20.8 Å². The number of aryl methyl sites for hydroxylation is 1. The van der Waals surface area contributed by atoms with Crippen LogP contribution < -0.4 is 5.73 Å². The quantitative estimate of drug-likeness (QED) is 0.680. The third-order valence-corrected chi connectivity index (χ3v) is 4.15. The predicted octanol–water partition coefficient (Wildman–Crippen LogP) is 2.49. The molecule has 18 heavy (non-hydrogen) atoms. The highest BCUT2D eigenvalue weighted by atomic mass is 32.2. The molecule has 0 saturated carbocycles. The van der Waals surface area contributed by atoms with Gasteiger partial charge in [-0.1, -0.05) is 6.07 Å². The highest BCUT2D eigenvalue weighted by Gasteiger charge is 2.15. The van der Waals surface area contributed by atoms with Crippen LogP contribution in [-0.2, 0) is 18.7 Å². The minimum absolute atomic E-state index is 0.809. The number of anilines is 1. The van der Waals surface area contributed by atoms with Gasteiger partial charge in [0.25, 0.3) is 0 Å². The van der Waals surface area contributed by atoms with Gasteiger partial charge in [-0.25, -0.2) is 0 Å². The molecular formula is C13H16N4S. The molecule has 94 valence electrons. The maximum Gasteiger partial charge on any atom is 0.143 e. The Morgan fingerprint density at radius 1 is 1.28 bits per heavy atom.